The van der Waals surface area contributed by atoms with Crippen molar-refractivity contribution >= 4 is 5.96 Å². The lowest BCUT2D eigenvalue weighted by Crippen LogP contribution is -2.45. The van der Waals surface area contributed by atoms with Gasteiger partial charge in [0.2, 0.25) is 0 Å². The topological polar surface area (TPSA) is 58.1 Å². The van der Waals surface area contributed by atoms with Crippen molar-refractivity contribution in [1.29, 1.82) is 0 Å². The molecular formula is C18H32N4O2. The number of nitrogens with zero attached hydrogens (tertiary/aromatic N) is 2. The van der Waals surface area contributed by atoms with Gasteiger partial charge in [-0.3, -0.25) is 9.89 Å². The molecule has 0 aliphatic rings. The summed E-state index contributed by atoms with van der Waals surface area (Å²) in [6.07, 6.45) is 0. The Balaban J connectivity index is 2.55. The molecule has 136 valence electrons. The molecule has 2 N–H and O–H groups in total. The van der Waals surface area contributed by atoms with Crippen molar-refractivity contribution in [3.63, 3.8) is 0 Å². The van der Waals surface area contributed by atoms with Gasteiger partial charge in [-0.15, -0.1) is 0 Å². The molecule has 6 heteroatoms. The van der Waals surface area contributed by atoms with Crippen LogP contribution in [0.3, 0.4) is 0 Å². The molecule has 1 atom stereocenters. The Kier molecular flexibility index (Phi) is 9.01. The molecule has 0 aromatic heterocycles. The van der Waals surface area contributed by atoms with Crippen LogP contribution in [0.4, 0.5) is 0 Å². The maximum Gasteiger partial charge on any atom is 0.191 e. The number of methoxy groups -OCH3 is 2. The van der Waals surface area contributed by atoms with E-state index in [0.717, 1.165) is 42.7 Å². The van der Waals surface area contributed by atoms with Crippen molar-refractivity contribution in [2.75, 3.05) is 40.9 Å². The summed E-state index contributed by atoms with van der Waals surface area (Å²) in [4.78, 5) is 6.69. The second-order valence-electron chi connectivity index (χ2n) is 5.57. The molecule has 0 saturated carbocycles. The number of hydrogen-bond donors (Lipinski definition) is 2. The first-order chi connectivity index (χ1) is 11.6. The molecule has 0 aliphatic heterocycles. The maximum absolute atomic E-state index is 5.34. The minimum Gasteiger partial charge on any atom is -0.493 e. The summed E-state index contributed by atoms with van der Waals surface area (Å²) in [5, 5.41) is 6.71. The maximum atomic E-state index is 5.34. The Labute approximate surface area is 146 Å². The highest BCUT2D eigenvalue weighted by molar-refractivity contribution is 5.79. The van der Waals surface area contributed by atoms with Gasteiger partial charge in [-0.25, -0.2) is 0 Å². The van der Waals surface area contributed by atoms with Gasteiger partial charge in [0.25, 0.3) is 0 Å². The van der Waals surface area contributed by atoms with E-state index in [-0.39, 0.29) is 0 Å². The summed E-state index contributed by atoms with van der Waals surface area (Å²) in [5.41, 5.74) is 1.10. The molecule has 24 heavy (non-hydrogen) atoms. The summed E-state index contributed by atoms with van der Waals surface area (Å²) >= 11 is 0. The number of rotatable bonds is 9. The molecule has 1 aromatic carbocycles. The van der Waals surface area contributed by atoms with Crippen LogP contribution >= 0.6 is 0 Å². The zero-order valence-electron chi connectivity index (χ0n) is 15.8. The van der Waals surface area contributed by atoms with Gasteiger partial charge < -0.3 is 20.1 Å². The Morgan fingerprint density at radius 1 is 1.12 bits per heavy atom. The van der Waals surface area contributed by atoms with E-state index in [2.05, 4.69) is 41.3 Å². The Morgan fingerprint density at radius 2 is 1.79 bits per heavy atom. The third-order valence-electron chi connectivity index (χ3n) is 4.13. The van der Waals surface area contributed by atoms with E-state index in [9.17, 15) is 0 Å². The number of benzene rings is 1. The minimum absolute atomic E-state index is 0.458. The highest BCUT2D eigenvalue weighted by Crippen LogP contribution is 2.27. The predicted molar refractivity (Wildman–Crippen MR) is 100 cm³/mol. The summed E-state index contributed by atoms with van der Waals surface area (Å²) in [5.74, 6) is 2.26. The molecule has 0 fully saturated rings. The van der Waals surface area contributed by atoms with Gasteiger partial charge in [0.1, 0.15) is 0 Å². The predicted octanol–water partition coefficient (Wildman–Crippen LogP) is 2.10. The largest absolute Gasteiger partial charge is 0.493 e. The van der Waals surface area contributed by atoms with E-state index in [0.29, 0.717) is 12.6 Å². The van der Waals surface area contributed by atoms with Gasteiger partial charge in [-0.1, -0.05) is 19.9 Å². The first-order valence-corrected chi connectivity index (χ1v) is 8.48. The fourth-order valence-electron chi connectivity index (χ4n) is 2.62. The van der Waals surface area contributed by atoms with Crippen LogP contribution in [0.15, 0.2) is 23.2 Å². The van der Waals surface area contributed by atoms with Gasteiger partial charge in [-0.05, 0) is 37.7 Å². The van der Waals surface area contributed by atoms with Crippen molar-refractivity contribution in [2.24, 2.45) is 4.99 Å². The van der Waals surface area contributed by atoms with Crippen molar-refractivity contribution in [2.45, 2.75) is 33.4 Å². The SMILES string of the molecule is CCN(CC)C(C)CNC(=NC)NCc1ccc(OC)c(OC)c1. The lowest BCUT2D eigenvalue weighted by molar-refractivity contribution is 0.231. The molecule has 0 spiro atoms. The average molecular weight is 336 g/mol. The molecule has 0 heterocycles. The van der Waals surface area contributed by atoms with Gasteiger partial charge in [0.05, 0.1) is 14.2 Å². The van der Waals surface area contributed by atoms with Crippen LogP contribution in [0.25, 0.3) is 0 Å². The van der Waals surface area contributed by atoms with E-state index in [4.69, 9.17) is 9.47 Å². The third kappa shape index (κ3) is 5.92. The minimum atomic E-state index is 0.458. The normalized spacial score (nSPS) is 12.9. The molecule has 1 rings (SSSR count). The molecule has 0 radical (unpaired) electrons. The Hall–Kier alpha value is -1.95. The quantitative estimate of drug-likeness (QED) is 0.534. The monoisotopic (exact) mass is 336 g/mol. The molecule has 1 aromatic rings. The first kappa shape index (κ1) is 20.1. The van der Waals surface area contributed by atoms with Gasteiger partial charge in [0, 0.05) is 26.2 Å². The lowest BCUT2D eigenvalue weighted by atomic mass is 10.2. The smallest absolute Gasteiger partial charge is 0.191 e. The summed E-state index contributed by atoms with van der Waals surface area (Å²) in [7, 11) is 5.06. The van der Waals surface area contributed by atoms with Gasteiger partial charge in [0.15, 0.2) is 17.5 Å². The zero-order valence-corrected chi connectivity index (χ0v) is 15.8. The van der Waals surface area contributed by atoms with Crippen LogP contribution in [-0.4, -0.2) is 57.8 Å². The highest BCUT2D eigenvalue weighted by atomic mass is 16.5. The van der Waals surface area contributed by atoms with E-state index in [1.807, 2.05) is 18.2 Å². The van der Waals surface area contributed by atoms with E-state index in [1.54, 1.807) is 21.3 Å². The molecule has 0 bridgehead atoms. The number of nitrogens with one attached hydrogen (secondary N) is 2. The number of guanidine groups is 1. The molecule has 0 aliphatic carbocycles. The van der Waals surface area contributed by atoms with Gasteiger partial charge in [-0.2, -0.15) is 0 Å². The van der Waals surface area contributed by atoms with E-state index < -0.39 is 0 Å². The van der Waals surface area contributed by atoms with Crippen LogP contribution in [0.2, 0.25) is 0 Å². The second kappa shape index (κ2) is 10.8. The average Bonchev–Trinajstić information content (AvgIpc) is 2.62. The molecule has 0 amide bonds. The van der Waals surface area contributed by atoms with Crippen LogP contribution in [0.1, 0.15) is 26.3 Å². The van der Waals surface area contributed by atoms with Crippen LogP contribution in [0, 0.1) is 0 Å². The lowest BCUT2D eigenvalue weighted by Gasteiger charge is -2.27. The Bertz CT molecular complexity index is 516. The van der Waals surface area contributed by atoms with Crippen molar-refractivity contribution < 1.29 is 9.47 Å². The molecule has 6 nitrogen and oxygen atoms in total. The summed E-state index contributed by atoms with van der Waals surface area (Å²) in [6, 6.07) is 6.35. The number of aliphatic imine (C=N–C) groups is 1. The number of hydrogen-bond acceptors (Lipinski definition) is 4. The third-order valence-corrected chi connectivity index (χ3v) is 4.13. The standard InChI is InChI=1S/C18H32N4O2/c1-7-22(8-2)14(3)12-20-18(19-4)21-13-15-9-10-16(23-5)17(11-15)24-6/h9-11,14H,7-8,12-13H2,1-6H3,(H2,19,20,21). The van der Waals surface area contributed by atoms with Crippen molar-refractivity contribution in [3.05, 3.63) is 23.8 Å². The molecule has 0 saturated heterocycles. The van der Waals surface area contributed by atoms with E-state index in [1.165, 1.54) is 0 Å². The molecule has 1 unspecified atom stereocenters. The Morgan fingerprint density at radius 3 is 2.33 bits per heavy atom. The summed E-state index contributed by atoms with van der Waals surface area (Å²) in [6.45, 7) is 10.2. The second-order valence-corrected chi connectivity index (χ2v) is 5.57. The number of likely N-dealkylation sites (N-methyl/N-ethyl adjacent to an activating group) is 1. The zero-order chi connectivity index (χ0) is 17.9. The number of ether oxygens (including phenoxy) is 2. The van der Waals surface area contributed by atoms with Gasteiger partial charge >= 0.3 is 0 Å². The molecular weight excluding hydrogens is 304 g/mol. The highest BCUT2D eigenvalue weighted by Gasteiger charge is 2.10. The first-order valence-electron chi connectivity index (χ1n) is 8.48. The summed E-state index contributed by atoms with van der Waals surface area (Å²) < 4.78 is 10.6. The fraction of sp³-hybridized carbons (Fsp3) is 0.611. The van der Waals surface area contributed by atoms with Crippen molar-refractivity contribution in [1.82, 2.24) is 15.5 Å². The van der Waals surface area contributed by atoms with Crippen molar-refractivity contribution in [3.8, 4) is 11.5 Å². The fourth-order valence-corrected chi connectivity index (χ4v) is 2.62. The van der Waals surface area contributed by atoms with Crippen LogP contribution in [0.5, 0.6) is 11.5 Å². The van der Waals surface area contributed by atoms with Crippen LogP contribution in [-0.2, 0) is 6.54 Å². The van der Waals surface area contributed by atoms with E-state index >= 15 is 0 Å². The van der Waals surface area contributed by atoms with Crippen LogP contribution < -0.4 is 20.1 Å².